The summed E-state index contributed by atoms with van der Waals surface area (Å²) in [5, 5.41) is 5.13. The highest BCUT2D eigenvalue weighted by Crippen LogP contribution is 2.35. The summed E-state index contributed by atoms with van der Waals surface area (Å²) in [7, 11) is 0. The zero-order valence-electron chi connectivity index (χ0n) is 14.9. The number of allylic oxidation sites excluding steroid dienone is 1. The summed E-state index contributed by atoms with van der Waals surface area (Å²) < 4.78 is 2.09. The summed E-state index contributed by atoms with van der Waals surface area (Å²) in [5.74, 6) is -1.43. The van der Waals surface area contributed by atoms with E-state index in [1.165, 1.54) is 0 Å². The molecule has 1 aromatic heterocycles. The fourth-order valence-corrected chi connectivity index (χ4v) is 3.45. The summed E-state index contributed by atoms with van der Waals surface area (Å²) in [6.07, 6.45) is 3.34. The van der Waals surface area contributed by atoms with E-state index in [1.807, 2.05) is 54.6 Å². The van der Waals surface area contributed by atoms with Gasteiger partial charge < -0.3 is 4.57 Å². The van der Waals surface area contributed by atoms with Crippen molar-refractivity contribution in [2.75, 3.05) is 0 Å². The Kier molecular flexibility index (Phi) is 4.37. The molecule has 0 atom stereocenters. The van der Waals surface area contributed by atoms with Gasteiger partial charge in [-0.3, -0.25) is 20.2 Å². The fourth-order valence-electron chi connectivity index (χ4n) is 3.45. The molecule has 0 radical (unpaired) electrons. The van der Waals surface area contributed by atoms with E-state index >= 15 is 0 Å². The normalized spacial score (nSPS) is 14.0. The third-order valence-electron chi connectivity index (χ3n) is 4.60. The van der Waals surface area contributed by atoms with Crippen molar-refractivity contribution in [2.24, 2.45) is 0 Å². The van der Waals surface area contributed by atoms with E-state index in [0.29, 0.717) is 6.54 Å². The minimum absolute atomic E-state index is 0.113. The van der Waals surface area contributed by atoms with Crippen molar-refractivity contribution in [1.29, 1.82) is 0 Å². The average Bonchev–Trinajstić information content (AvgIpc) is 2.99. The number of urea groups is 1. The van der Waals surface area contributed by atoms with Gasteiger partial charge in [-0.25, -0.2) is 4.79 Å². The largest absolute Gasteiger partial charge is 0.336 e. The molecule has 3 aromatic rings. The van der Waals surface area contributed by atoms with E-state index < -0.39 is 17.8 Å². The Morgan fingerprint density at radius 3 is 2.21 bits per heavy atom. The molecule has 0 unspecified atom stereocenters. The number of carbonyl (C=O) groups is 3. The number of para-hydroxylation sites is 1. The number of hydrogen-bond acceptors (Lipinski definition) is 3. The van der Waals surface area contributed by atoms with Gasteiger partial charge in [0.05, 0.1) is 5.69 Å². The number of nitrogens with zero attached hydrogens (tertiary/aromatic N) is 1. The highest BCUT2D eigenvalue weighted by atomic mass is 16.2. The highest BCUT2D eigenvalue weighted by molar-refractivity contribution is 6.31. The van der Waals surface area contributed by atoms with Gasteiger partial charge in [0.15, 0.2) is 0 Å². The van der Waals surface area contributed by atoms with E-state index in [1.54, 1.807) is 12.2 Å². The fraction of sp³-hybridized carbons (Fsp3) is 0.0455. The van der Waals surface area contributed by atoms with Crippen LogP contribution in [0, 0.1) is 0 Å². The van der Waals surface area contributed by atoms with Gasteiger partial charge in [0.1, 0.15) is 5.57 Å². The van der Waals surface area contributed by atoms with Gasteiger partial charge in [-0.15, -0.1) is 6.58 Å². The number of aromatic nitrogens is 1. The molecule has 1 aliphatic heterocycles. The third-order valence-corrected chi connectivity index (χ3v) is 4.60. The maximum atomic E-state index is 12.3. The van der Waals surface area contributed by atoms with Gasteiger partial charge in [0, 0.05) is 23.0 Å². The molecular weight excluding hydrogens is 354 g/mol. The number of barbiturate groups is 1. The molecular formula is C22H17N3O3. The second kappa shape index (κ2) is 7.00. The maximum Gasteiger partial charge on any atom is 0.328 e. The Bertz CT molecular complexity index is 1130. The molecule has 6 heteroatoms. The van der Waals surface area contributed by atoms with Crippen LogP contribution in [-0.4, -0.2) is 22.4 Å². The van der Waals surface area contributed by atoms with Crippen LogP contribution in [-0.2, 0) is 16.1 Å². The maximum absolute atomic E-state index is 12.3. The summed E-state index contributed by atoms with van der Waals surface area (Å²) in [4.78, 5) is 35.9. The van der Waals surface area contributed by atoms with Gasteiger partial charge in [-0.2, -0.15) is 0 Å². The van der Waals surface area contributed by atoms with E-state index in [2.05, 4.69) is 21.8 Å². The predicted molar refractivity (Wildman–Crippen MR) is 107 cm³/mol. The molecule has 4 rings (SSSR count). The molecule has 1 aliphatic rings. The van der Waals surface area contributed by atoms with Gasteiger partial charge >= 0.3 is 6.03 Å². The first-order valence-corrected chi connectivity index (χ1v) is 8.76. The van der Waals surface area contributed by atoms with Crippen LogP contribution < -0.4 is 10.6 Å². The van der Waals surface area contributed by atoms with Crippen LogP contribution in [0.1, 0.15) is 5.56 Å². The predicted octanol–water partition coefficient (Wildman–Crippen LogP) is 3.24. The van der Waals surface area contributed by atoms with Gasteiger partial charge in [0.2, 0.25) is 0 Å². The van der Waals surface area contributed by atoms with Crippen molar-refractivity contribution in [3.8, 4) is 11.3 Å². The van der Waals surface area contributed by atoms with E-state index in [0.717, 1.165) is 27.7 Å². The second-order valence-electron chi connectivity index (χ2n) is 6.34. The van der Waals surface area contributed by atoms with Crippen molar-refractivity contribution in [2.45, 2.75) is 6.54 Å². The Morgan fingerprint density at radius 2 is 1.54 bits per heavy atom. The quantitative estimate of drug-likeness (QED) is 0.420. The molecule has 2 heterocycles. The highest BCUT2D eigenvalue weighted by Gasteiger charge is 2.29. The number of fused-ring (bicyclic) bond motifs is 1. The van der Waals surface area contributed by atoms with Gasteiger partial charge in [0.25, 0.3) is 11.8 Å². The van der Waals surface area contributed by atoms with Crippen LogP contribution in [0.3, 0.4) is 0 Å². The molecule has 0 bridgehead atoms. The molecule has 138 valence electrons. The molecule has 1 fully saturated rings. The Labute approximate surface area is 161 Å². The van der Waals surface area contributed by atoms with Crippen molar-refractivity contribution in [3.63, 3.8) is 0 Å². The van der Waals surface area contributed by atoms with Crippen molar-refractivity contribution in [1.82, 2.24) is 15.2 Å². The number of imide groups is 2. The summed E-state index contributed by atoms with van der Waals surface area (Å²) in [6, 6.07) is 16.7. The smallest absolute Gasteiger partial charge is 0.328 e. The molecule has 6 nitrogen and oxygen atoms in total. The number of rotatable bonds is 4. The van der Waals surface area contributed by atoms with Crippen molar-refractivity contribution < 1.29 is 14.4 Å². The summed E-state index contributed by atoms with van der Waals surface area (Å²) >= 11 is 0. The Morgan fingerprint density at radius 1 is 0.893 bits per heavy atom. The van der Waals surface area contributed by atoms with Gasteiger partial charge in [-0.05, 0) is 17.7 Å². The Balaban J connectivity index is 2.04. The minimum Gasteiger partial charge on any atom is -0.336 e. The monoisotopic (exact) mass is 371 g/mol. The number of benzene rings is 2. The number of hydrogen-bond donors (Lipinski definition) is 2. The SMILES string of the molecule is C=CCn1c(-c2ccccc2)c(C=C2C(=O)NC(=O)NC2=O)c2ccccc21. The molecule has 2 aromatic carbocycles. The molecule has 4 amide bonds. The lowest BCUT2D eigenvalue weighted by Gasteiger charge is -2.14. The molecule has 0 spiro atoms. The lowest BCUT2D eigenvalue weighted by atomic mass is 10.0. The van der Waals surface area contributed by atoms with Gasteiger partial charge in [-0.1, -0.05) is 54.6 Å². The van der Waals surface area contributed by atoms with Crippen LogP contribution >= 0.6 is 0 Å². The van der Waals surface area contributed by atoms with Crippen LogP contribution in [0.2, 0.25) is 0 Å². The molecule has 0 aliphatic carbocycles. The third kappa shape index (κ3) is 2.91. The van der Waals surface area contributed by atoms with Crippen LogP contribution in [0.5, 0.6) is 0 Å². The topological polar surface area (TPSA) is 80.2 Å². The molecule has 0 saturated carbocycles. The average molecular weight is 371 g/mol. The molecule has 2 N–H and O–H groups in total. The Hall–Kier alpha value is -3.93. The summed E-state index contributed by atoms with van der Waals surface area (Å²) in [6.45, 7) is 4.41. The second-order valence-corrected chi connectivity index (χ2v) is 6.34. The van der Waals surface area contributed by atoms with E-state index in [9.17, 15) is 14.4 Å². The first kappa shape index (κ1) is 17.5. The number of amides is 4. The number of carbonyl (C=O) groups excluding carboxylic acids is 3. The molecule has 28 heavy (non-hydrogen) atoms. The van der Waals surface area contributed by atoms with Crippen LogP contribution in [0.25, 0.3) is 28.2 Å². The number of nitrogens with one attached hydrogen (secondary N) is 2. The van der Waals surface area contributed by atoms with Crippen molar-refractivity contribution >= 4 is 34.8 Å². The first-order valence-electron chi connectivity index (χ1n) is 8.76. The standard InChI is InChI=1S/C22H17N3O3/c1-2-12-25-18-11-7-6-10-15(18)16(19(25)14-8-4-3-5-9-14)13-17-20(26)23-22(28)24-21(17)27/h2-11,13H,1,12H2,(H2,23,24,26,27,28). The zero-order valence-corrected chi connectivity index (χ0v) is 14.9. The van der Waals surface area contributed by atoms with E-state index in [-0.39, 0.29) is 5.57 Å². The summed E-state index contributed by atoms with van der Waals surface area (Å²) in [5.41, 5.74) is 3.39. The zero-order chi connectivity index (χ0) is 19.7. The minimum atomic E-state index is -0.815. The van der Waals surface area contributed by atoms with E-state index in [4.69, 9.17) is 0 Å². The van der Waals surface area contributed by atoms with Crippen LogP contribution in [0.4, 0.5) is 4.79 Å². The van der Waals surface area contributed by atoms with Crippen LogP contribution in [0.15, 0.2) is 72.8 Å². The first-order chi connectivity index (χ1) is 13.6. The lowest BCUT2D eigenvalue weighted by molar-refractivity contribution is -0.123. The molecule has 1 saturated heterocycles. The van der Waals surface area contributed by atoms with Crippen molar-refractivity contribution in [3.05, 3.63) is 78.4 Å². The lowest BCUT2D eigenvalue weighted by Crippen LogP contribution is -2.51.